The zero-order valence-corrected chi connectivity index (χ0v) is 29.3. The zero-order chi connectivity index (χ0) is 43.5. The van der Waals surface area contributed by atoms with Gasteiger partial charge in [-0.05, 0) is 69.7 Å². The molecule has 10 aromatic rings. The molecule has 0 spiro atoms. The Morgan fingerprint density at radius 1 is 0.327 bits per heavy atom. The second kappa shape index (κ2) is 13.8. The molecule has 4 heteroatoms. The molecule has 8 aromatic carbocycles. The number of hydrogen-bond donors (Lipinski definition) is 0. The van der Waals surface area contributed by atoms with E-state index in [1.165, 1.54) is 4.57 Å². The molecule has 0 unspecified atom stereocenters. The number of hydrogen-bond acceptors (Lipinski definition) is 3. The van der Waals surface area contributed by atoms with Gasteiger partial charge in [-0.1, -0.05) is 170 Å². The molecule has 0 saturated heterocycles. The molecule has 0 aliphatic rings. The molecular formula is C51H34N4. The first-order valence-electron chi connectivity index (χ1n) is 21.9. The highest BCUT2D eigenvalue weighted by Crippen LogP contribution is 2.36. The minimum absolute atomic E-state index is 0.00311. The van der Waals surface area contributed by atoms with Crippen LogP contribution >= 0.6 is 0 Å². The van der Waals surface area contributed by atoms with Crippen LogP contribution in [0.1, 0.15) is 11.0 Å². The molecule has 55 heavy (non-hydrogen) atoms. The normalized spacial score (nSPS) is 13.3. The molecule has 2 heterocycles. The van der Waals surface area contributed by atoms with E-state index in [1.54, 1.807) is 6.07 Å². The third-order valence-corrected chi connectivity index (χ3v) is 9.69. The van der Waals surface area contributed by atoms with Crippen LogP contribution in [-0.2, 0) is 0 Å². The van der Waals surface area contributed by atoms with Gasteiger partial charge in [0.2, 0.25) is 0 Å². The Hall–Kier alpha value is -7.43. The standard InChI is InChI=1S/C51H34N4/c1-4-15-35(16-5-1)38-27-29-39(30-28-38)49-52-50(41-22-14-21-40(31-41)36-17-6-2-7-18-36)54-51(53-49)43-32-42(37-19-8-3-9-20-37)33-44(34-43)55-47-25-12-10-23-45(47)46-24-11-13-26-48(46)55/h1-34H/i10D,11D,12D,13D,23D,24D,25D,26D. The Bertz CT molecular complexity index is 3340. The fraction of sp³-hybridized carbons (Fsp3) is 0. The average Bonchev–Trinajstić information content (AvgIpc) is 3.71. The van der Waals surface area contributed by atoms with Gasteiger partial charge < -0.3 is 4.57 Å². The molecule has 0 radical (unpaired) electrons. The fourth-order valence-corrected chi connectivity index (χ4v) is 7.02. The summed E-state index contributed by atoms with van der Waals surface area (Å²) in [5.41, 5.74) is 8.13. The molecule has 0 N–H and O–H groups in total. The van der Waals surface area contributed by atoms with Crippen molar-refractivity contribution < 1.29 is 11.0 Å². The van der Waals surface area contributed by atoms with E-state index in [9.17, 15) is 0 Å². The van der Waals surface area contributed by atoms with E-state index in [0.29, 0.717) is 34.3 Å². The number of fused-ring (bicyclic) bond motifs is 3. The summed E-state index contributed by atoms with van der Waals surface area (Å²) in [7, 11) is 0. The summed E-state index contributed by atoms with van der Waals surface area (Å²) < 4.78 is 72.3. The van der Waals surface area contributed by atoms with Crippen molar-refractivity contribution in [2.45, 2.75) is 0 Å². The maximum atomic E-state index is 9.17. The lowest BCUT2D eigenvalue weighted by atomic mass is 10.0. The molecule has 0 aliphatic heterocycles. The molecular weight excluding hydrogens is 669 g/mol. The van der Waals surface area contributed by atoms with E-state index in [2.05, 4.69) is 12.1 Å². The van der Waals surface area contributed by atoms with Crippen LogP contribution in [0, 0.1) is 0 Å². The Kier molecular flexibility index (Phi) is 6.23. The van der Waals surface area contributed by atoms with E-state index in [-0.39, 0.29) is 33.9 Å². The first-order chi connectivity index (χ1) is 30.6. The quantitative estimate of drug-likeness (QED) is 0.165. The first kappa shape index (κ1) is 24.7. The van der Waals surface area contributed by atoms with Crippen molar-refractivity contribution in [2.75, 3.05) is 0 Å². The van der Waals surface area contributed by atoms with Crippen molar-refractivity contribution in [3.63, 3.8) is 0 Å². The highest BCUT2D eigenvalue weighted by Gasteiger charge is 2.18. The van der Waals surface area contributed by atoms with Gasteiger partial charge in [0.15, 0.2) is 17.5 Å². The van der Waals surface area contributed by atoms with Crippen molar-refractivity contribution in [2.24, 2.45) is 0 Å². The Morgan fingerprint density at radius 3 is 1.33 bits per heavy atom. The zero-order valence-electron chi connectivity index (χ0n) is 37.3. The van der Waals surface area contributed by atoms with Gasteiger partial charge >= 0.3 is 0 Å². The third kappa shape index (κ3) is 6.16. The van der Waals surface area contributed by atoms with Gasteiger partial charge in [0, 0.05) is 33.2 Å². The van der Waals surface area contributed by atoms with Crippen LogP contribution in [-0.4, -0.2) is 19.5 Å². The molecule has 0 saturated carbocycles. The van der Waals surface area contributed by atoms with Crippen LogP contribution in [0.4, 0.5) is 0 Å². The maximum Gasteiger partial charge on any atom is 0.164 e. The summed E-state index contributed by atoms with van der Waals surface area (Å²) in [5, 5.41) is -0.00621. The van der Waals surface area contributed by atoms with Gasteiger partial charge in [0.1, 0.15) is 0 Å². The first-order valence-corrected chi connectivity index (χ1v) is 17.9. The summed E-state index contributed by atoms with van der Waals surface area (Å²) in [6, 6.07) is 47.8. The van der Waals surface area contributed by atoms with Crippen molar-refractivity contribution in [3.05, 3.63) is 206 Å². The largest absolute Gasteiger partial charge is 0.309 e. The minimum Gasteiger partial charge on any atom is -0.309 e. The van der Waals surface area contributed by atoms with Crippen molar-refractivity contribution >= 4 is 21.8 Å². The van der Waals surface area contributed by atoms with Crippen molar-refractivity contribution in [3.8, 4) is 73.2 Å². The van der Waals surface area contributed by atoms with E-state index < -0.39 is 36.3 Å². The van der Waals surface area contributed by atoms with E-state index in [1.807, 2.05) is 140 Å². The van der Waals surface area contributed by atoms with Crippen LogP contribution in [0.5, 0.6) is 0 Å². The van der Waals surface area contributed by atoms with Gasteiger partial charge in [0.25, 0.3) is 0 Å². The number of benzene rings is 8. The van der Waals surface area contributed by atoms with E-state index in [0.717, 1.165) is 38.9 Å². The van der Waals surface area contributed by atoms with E-state index >= 15 is 0 Å². The lowest BCUT2D eigenvalue weighted by Gasteiger charge is -2.14. The lowest BCUT2D eigenvalue weighted by Crippen LogP contribution is -2.02. The van der Waals surface area contributed by atoms with Gasteiger partial charge in [-0.2, -0.15) is 0 Å². The molecule has 0 amide bonds. The third-order valence-electron chi connectivity index (χ3n) is 9.69. The van der Waals surface area contributed by atoms with Crippen LogP contribution in [0.3, 0.4) is 0 Å². The second-order valence-electron chi connectivity index (χ2n) is 13.1. The Balaban J connectivity index is 1.26. The van der Waals surface area contributed by atoms with Gasteiger partial charge in [-0.25, -0.2) is 15.0 Å². The SMILES string of the molecule is [2H]c1c([2H])c([2H])c2c(c1[2H])c1c([2H])c([2H])c([2H])c([2H])c1n2-c1cc(-c2ccccc2)cc(-c2nc(-c3ccc(-c4ccccc4)cc3)nc(-c3cccc(-c4ccccc4)c3)n2)c1. The highest BCUT2D eigenvalue weighted by atomic mass is 15.0. The van der Waals surface area contributed by atoms with Gasteiger partial charge in [-0.3, -0.25) is 0 Å². The molecule has 0 atom stereocenters. The van der Waals surface area contributed by atoms with Gasteiger partial charge in [0.05, 0.1) is 22.0 Å². The van der Waals surface area contributed by atoms with Crippen molar-refractivity contribution in [1.82, 2.24) is 19.5 Å². The monoisotopic (exact) mass is 710 g/mol. The summed E-state index contributed by atoms with van der Waals surface area (Å²) in [4.78, 5) is 15.3. The Labute approximate surface area is 331 Å². The smallest absolute Gasteiger partial charge is 0.164 e. The lowest BCUT2D eigenvalue weighted by molar-refractivity contribution is 1.07. The topological polar surface area (TPSA) is 43.6 Å². The van der Waals surface area contributed by atoms with Gasteiger partial charge in [-0.15, -0.1) is 0 Å². The average molecular weight is 711 g/mol. The fourth-order valence-electron chi connectivity index (χ4n) is 7.02. The number of aromatic nitrogens is 4. The molecule has 258 valence electrons. The molecule has 0 aliphatic carbocycles. The highest BCUT2D eigenvalue weighted by molar-refractivity contribution is 6.09. The minimum atomic E-state index is -0.504. The molecule has 0 bridgehead atoms. The molecule has 0 fully saturated rings. The number of rotatable bonds is 7. The molecule has 2 aromatic heterocycles. The van der Waals surface area contributed by atoms with Crippen LogP contribution in [0.2, 0.25) is 0 Å². The molecule has 4 nitrogen and oxygen atoms in total. The van der Waals surface area contributed by atoms with Crippen LogP contribution < -0.4 is 0 Å². The van der Waals surface area contributed by atoms with Crippen LogP contribution in [0.25, 0.3) is 95.0 Å². The van der Waals surface area contributed by atoms with Crippen LogP contribution in [0.15, 0.2) is 206 Å². The maximum absolute atomic E-state index is 9.17. The predicted octanol–water partition coefficient (Wildman–Crippen LogP) is 13.0. The summed E-state index contributed by atoms with van der Waals surface area (Å²) in [5.74, 6) is 1.16. The summed E-state index contributed by atoms with van der Waals surface area (Å²) >= 11 is 0. The Morgan fingerprint density at radius 2 is 0.727 bits per heavy atom. The number of para-hydroxylation sites is 2. The molecule has 10 rings (SSSR count). The predicted molar refractivity (Wildman–Crippen MR) is 227 cm³/mol. The van der Waals surface area contributed by atoms with Crippen molar-refractivity contribution in [1.29, 1.82) is 0 Å². The summed E-state index contributed by atoms with van der Waals surface area (Å²) in [6.07, 6.45) is 0. The second-order valence-corrected chi connectivity index (χ2v) is 13.1. The summed E-state index contributed by atoms with van der Waals surface area (Å²) in [6.45, 7) is 0. The number of nitrogens with zero attached hydrogens (tertiary/aromatic N) is 4. The van der Waals surface area contributed by atoms with E-state index in [4.69, 9.17) is 25.9 Å².